The van der Waals surface area contributed by atoms with E-state index in [4.69, 9.17) is 0 Å². The Hall–Kier alpha value is -2.98. The highest BCUT2D eigenvalue weighted by Crippen LogP contribution is 2.32. The first kappa shape index (κ1) is 20.3. The third-order valence-corrected chi connectivity index (χ3v) is 7.26. The van der Waals surface area contributed by atoms with Crippen LogP contribution in [0.5, 0.6) is 5.75 Å². The van der Waals surface area contributed by atoms with E-state index in [1.807, 2.05) is 24.3 Å². The van der Waals surface area contributed by atoms with Crippen LogP contribution in [0, 0.1) is 5.82 Å². The molecule has 1 aliphatic heterocycles. The normalized spacial score (nSPS) is 14.1. The van der Waals surface area contributed by atoms with Crippen molar-refractivity contribution in [2.75, 3.05) is 22.7 Å². The molecule has 1 saturated heterocycles. The van der Waals surface area contributed by atoms with Gasteiger partial charge in [-0.2, -0.15) is 0 Å². The summed E-state index contributed by atoms with van der Waals surface area (Å²) in [5.74, 6) is -2.09. The second-order valence-electron chi connectivity index (χ2n) is 6.84. The summed E-state index contributed by atoms with van der Waals surface area (Å²) >= 11 is 1.14. The predicted octanol–water partition coefficient (Wildman–Crippen LogP) is 3.87. The van der Waals surface area contributed by atoms with Gasteiger partial charge in [-0.25, -0.2) is 17.8 Å². The Morgan fingerprint density at radius 3 is 2.53 bits per heavy atom. The number of phenols is 1. The molecule has 0 saturated carbocycles. The molecule has 7 nitrogen and oxygen atoms in total. The summed E-state index contributed by atoms with van der Waals surface area (Å²) < 4.78 is 41.1. The Labute approximate surface area is 176 Å². The molecule has 0 aliphatic carbocycles. The molecule has 10 heteroatoms. The zero-order valence-electron chi connectivity index (χ0n) is 15.7. The number of hydrogen-bond donors (Lipinski definition) is 2. The summed E-state index contributed by atoms with van der Waals surface area (Å²) in [7, 11) is -4.19. The van der Waals surface area contributed by atoms with Gasteiger partial charge in [0.2, 0.25) is 0 Å². The second-order valence-corrected chi connectivity index (χ2v) is 9.55. The van der Waals surface area contributed by atoms with Crippen LogP contribution in [-0.2, 0) is 10.0 Å². The molecule has 1 aromatic heterocycles. The van der Waals surface area contributed by atoms with Crippen LogP contribution in [0.4, 0.5) is 15.2 Å². The van der Waals surface area contributed by atoms with Gasteiger partial charge in [-0.3, -0.25) is 9.52 Å². The summed E-state index contributed by atoms with van der Waals surface area (Å²) in [6, 6.07) is 9.54. The van der Waals surface area contributed by atoms with Gasteiger partial charge < -0.3 is 10.0 Å². The second kappa shape index (κ2) is 8.04. The number of thiazole rings is 1. The molecule has 0 unspecified atom stereocenters. The number of phenolic OH excluding ortho intramolecular Hbond substituents is 1. The number of sulfonamides is 1. The van der Waals surface area contributed by atoms with Crippen molar-refractivity contribution < 1.29 is 22.7 Å². The Bertz CT molecular complexity index is 1190. The molecule has 30 heavy (non-hydrogen) atoms. The fraction of sp³-hybridized carbons (Fsp3) is 0.200. The Morgan fingerprint density at radius 2 is 1.87 bits per heavy atom. The minimum atomic E-state index is -4.19. The Balaban J connectivity index is 1.54. The van der Waals surface area contributed by atoms with Gasteiger partial charge in [0.15, 0.2) is 23.0 Å². The number of carbonyl (C=O) groups is 1. The van der Waals surface area contributed by atoms with Crippen molar-refractivity contribution in [1.29, 1.82) is 0 Å². The van der Waals surface area contributed by atoms with Crippen molar-refractivity contribution in [2.24, 2.45) is 0 Å². The number of aromatic nitrogens is 1. The maximum Gasteiger partial charge on any atom is 0.263 e. The van der Waals surface area contributed by atoms with E-state index in [2.05, 4.69) is 14.6 Å². The van der Waals surface area contributed by atoms with Gasteiger partial charge in [-0.15, -0.1) is 0 Å². The molecule has 3 aromatic rings. The van der Waals surface area contributed by atoms with Gasteiger partial charge >= 0.3 is 0 Å². The van der Waals surface area contributed by atoms with E-state index in [0.717, 1.165) is 46.6 Å². The quantitative estimate of drug-likeness (QED) is 0.557. The number of aldehydes is 1. The van der Waals surface area contributed by atoms with Crippen LogP contribution in [0.2, 0.25) is 0 Å². The summed E-state index contributed by atoms with van der Waals surface area (Å²) in [6.07, 6.45) is 4.13. The van der Waals surface area contributed by atoms with E-state index in [1.54, 1.807) is 6.20 Å². The number of halogens is 1. The maximum atomic E-state index is 13.7. The van der Waals surface area contributed by atoms with Crippen LogP contribution in [0.1, 0.15) is 23.2 Å². The maximum absolute atomic E-state index is 13.7. The minimum absolute atomic E-state index is 0.106. The molecule has 0 radical (unpaired) electrons. The Kier molecular flexibility index (Phi) is 5.44. The smallest absolute Gasteiger partial charge is 0.263 e. The third-order valence-electron chi connectivity index (χ3n) is 4.85. The number of anilines is 2. The van der Waals surface area contributed by atoms with Crippen molar-refractivity contribution in [3.05, 3.63) is 54.0 Å². The first-order valence-corrected chi connectivity index (χ1v) is 11.5. The van der Waals surface area contributed by atoms with Gasteiger partial charge in [-0.1, -0.05) is 23.5 Å². The first-order valence-electron chi connectivity index (χ1n) is 9.19. The summed E-state index contributed by atoms with van der Waals surface area (Å²) in [4.78, 5) is 17.6. The average Bonchev–Trinajstić information content (AvgIpc) is 3.42. The van der Waals surface area contributed by atoms with Crippen LogP contribution in [0.15, 0.2) is 47.5 Å². The molecule has 156 valence electrons. The lowest BCUT2D eigenvalue weighted by atomic mass is 10.2. The van der Waals surface area contributed by atoms with Gasteiger partial charge in [0.05, 0.1) is 15.3 Å². The first-order chi connectivity index (χ1) is 14.4. The minimum Gasteiger partial charge on any atom is -0.504 e. The number of hydrogen-bond acceptors (Lipinski definition) is 7. The number of carbonyl (C=O) groups excluding carboxylic acids is 1. The standard InChI is InChI=1S/C20H18FN3O4S2/c21-17-10-16(9-14(12-25)19(17)26)30(27,28)23-20-22-11-18(29-20)13-3-5-15(6-4-13)24-7-1-2-8-24/h3-6,9-12,26H,1-2,7-8H2,(H,22,23). The van der Waals surface area contributed by atoms with E-state index >= 15 is 0 Å². The summed E-state index contributed by atoms with van der Waals surface area (Å²) in [6.45, 7) is 2.10. The summed E-state index contributed by atoms with van der Waals surface area (Å²) in [5.41, 5.74) is 1.61. The lowest BCUT2D eigenvalue weighted by Gasteiger charge is -2.17. The molecule has 0 atom stereocenters. The van der Waals surface area contributed by atoms with E-state index in [9.17, 15) is 22.7 Å². The van der Waals surface area contributed by atoms with E-state index < -0.39 is 32.0 Å². The van der Waals surface area contributed by atoms with Crippen molar-refractivity contribution in [3.8, 4) is 16.2 Å². The highest BCUT2D eigenvalue weighted by Gasteiger charge is 2.21. The SMILES string of the molecule is O=Cc1cc(S(=O)(=O)Nc2ncc(-c3ccc(N4CCCC4)cc3)s2)cc(F)c1O. The van der Waals surface area contributed by atoms with Crippen LogP contribution < -0.4 is 9.62 Å². The van der Waals surface area contributed by atoms with Crippen LogP contribution >= 0.6 is 11.3 Å². The van der Waals surface area contributed by atoms with Crippen LogP contribution in [0.25, 0.3) is 10.4 Å². The number of nitrogens with zero attached hydrogens (tertiary/aromatic N) is 2. The third kappa shape index (κ3) is 4.01. The van der Waals surface area contributed by atoms with Crippen molar-refractivity contribution >= 4 is 38.5 Å². The Morgan fingerprint density at radius 1 is 1.17 bits per heavy atom. The molecule has 2 N–H and O–H groups in total. The number of rotatable bonds is 6. The molecule has 2 heterocycles. The molecular weight excluding hydrogens is 429 g/mol. The highest BCUT2D eigenvalue weighted by molar-refractivity contribution is 7.93. The van der Waals surface area contributed by atoms with Gasteiger partial charge in [0.1, 0.15) is 0 Å². The topological polar surface area (TPSA) is 99.6 Å². The monoisotopic (exact) mass is 447 g/mol. The molecule has 0 spiro atoms. The van der Waals surface area contributed by atoms with Gasteiger partial charge in [0.25, 0.3) is 10.0 Å². The largest absolute Gasteiger partial charge is 0.504 e. The van der Waals surface area contributed by atoms with E-state index in [-0.39, 0.29) is 11.4 Å². The predicted molar refractivity (Wildman–Crippen MR) is 113 cm³/mol. The lowest BCUT2D eigenvalue weighted by Crippen LogP contribution is -2.17. The average molecular weight is 448 g/mol. The van der Waals surface area contributed by atoms with Gasteiger partial charge in [-0.05, 0) is 42.7 Å². The number of benzene rings is 2. The van der Waals surface area contributed by atoms with Crippen molar-refractivity contribution in [2.45, 2.75) is 17.7 Å². The molecule has 0 bridgehead atoms. The van der Waals surface area contributed by atoms with Crippen molar-refractivity contribution in [1.82, 2.24) is 4.98 Å². The fourth-order valence-corrected chi connectivity index (χ4v) is 5.39. The lowest BCUT2D eigenvalue weighted by molar-refractivity contribution is 0.112. The summed E-state index contributed by atoms with van der Waals surface area (Å²) in [5, 5.41) is 9.57. The zero-order chi connectivity index (χ0) is 21.3. The fourth-order valence-electron chi connectivity index (χ4n) is 3.28. The van der Waals surface area contributed by atoms with E-state index in [0.29, 0.717) is 6.07 Å². The molecule has 2 aromatic carbocycles. The molecule has 4 rings (SSSR count). The number of nitrogens with one attached hydrogen (secondary N) is 1. The van der Waals surface area contributed by atoms with E-state index in [1.165, 1.54) is 12.8 Å². The van der Waals surface area contributed by atoms with Gasteiger partial charge in [0, 0.05) is 25.0 Å². The van der Waals surface area contributed by atoms with Crippen LogP contribution in [-0.4, -0.2) is 37.9 Å². The van der Waals surface area contributed by atoms with Crippen molar-refractivity contribution in [3.63, 3.8) is 0 Å². The highest BCUT2D eigenvalue weighted by atomic mass is 32.2. The zero-order valence-corrected chi connectivity index (χ0v) is 17.3. The number of aromatic hydroxyl groups is 1. The molecule has 1 fully saturated rings. The molecule has 1 aliphatic rings. The molecule has 0 amide bonds. The van der Waals surface area contributed by atoms with Crippen LogP contribution in [0.3, 0.4) is 0 Å². The molecular formula is C20H18FN3O4S2.